The lowest BCUT2D eigenvalue weighted by Crippen LogP contribution is -3.10. The van der Waals surface area contributed by atoms with E-state index in [-0.39, 0.29) is 0 Å². The number of rotatable bonds is 5. The van der Waals surface area contributed by atoms with Gasteiger partial charge in [0.1, 0.15) is 13.1 Å². The largest absolute Gasteiger partial charge is 0.354 e. The van der Waals surface area contributed by atoms with Gasteiger partial charge in [-0.25, -0.2) is 0 Å². The van der Waals surface area contributed by atoms with E-state index in [1.54, 1.807) is 4.90 Å². The van der Waals surface area contributed by atoms with Crippen LogP contribution in [0.2, 0.25) is 0 Å². The quantitative estimate of drug-likeness (QED) is 0.654. The van der Waals surface area contributed by atoms with Crippen LogP contribution in [0.4, 0.5) is 0 Å². The maximum atomic E-state index is 3.97. The fourth-order valence-corrected chi connectivity index (χ4v) is 1.74. The summed E-state index contributed by atoms with van der Waals surface area (Å²) < 4.78 is 0. The van der Waals surface area contributed by atoms with Gasteiger partial charge in [-0.3, -0.25) is 0 Å². The highest BCUT2D eigenvalue weighted by atomic mass is 15.1. The fraction of sp³-hybridized carbons (Fsp3) is 0.500. The summed E-state index contributed by atoms with van der Waals surface area (Å²) in [6.45, 7) is 8.91. The smallest absolute Gasteiger partial charge is 0.103 e. The highest BCUT2D eigenvalue weighted by molar-refractivity contribution is 5.25. The van der Waals surface area contributed by atoms with Crippen LogP contribution in [0.1, 0.15) is 25.0 Å². The molecule has 1 aromatic rings. The Labute approximate surface area is 86.7 Å². The summed E-state index contributed by atoms with van der Waals surface area (Å²) in [5.74, 6) is 0. The minimum Gasteiger partial charge on any atom is -0.354 e. The van der Waals surface area contributed by atoms with Gasteiger partial charge in [0.25, 0.3) is 0 Å². The third-order valence-corrected chi connectivity index (χ3v) is 2.83. The highest BCUT2D eigenvalue weighted by Crippen LogP contribution is 2.05. The Bertz CT molecular complexity index is 267. The molecule has 0 amide bonds. The molecule has 0 fully saturated rings. The zero-order valence-electron chi connectivity index (χ0n) is 9.34. The molecule has 1 aromatic carbocycles. The molecule has 0 aromatic heterocycles. The lowest BCUT2D eigenvalue weighted by Gasteiger charge is -2.16. The Kier molecular flexibility index (Phi) is 4.63. The molecule has 0 aliphatic carbocycles. The molecule has 14 heavy (non-hydrogen) atoms. The first kappa shape index (κ1) is 11.2. The van der Waals surface area contributed by atoms with Crippen molar-refractivity contribution >= 4 is 0 Å². The highest BCUT2D eigenvalue weighted by Gasteiger charge is 2.07. The van der Waals surface area contributed by atoms with E-state index in [2.05, 4.69) is 43.8 Å². The van der Waals surface area contributed by atoms with Crippen LogP contribution in [0.15, 0.2) is 24.3 Å². The van der Waals surface area contributed by atoms with Gasteiger partial charge >= 0.3 is 0 Å². The van der Waals surface area contributed by atoms with Crippen LogP contribution in [-0.4, -0.2) is 13.1 Å². The third-order valence-electron chi connectivity index (χ3n) is 2.83. The van der Waals surface area contributed by atoms with Gasteiger partial charge in [0.05, 0.1) is 13.1 Å². The summed E-state index contributed by atoms with van der Waals surface area (Å²) in [5.41, 5.74) is 6.82. The average Bonchev–Trinajstić information content (AvgIpc) is 2.26. The monoisotopic (exact) mass is 194 g/mol. The maximum Gasteiger partial charge on any atom is 0.103 e. The van der Waals surface area contributed by atoms with Crippen molar-refractivity contribution in [3.05, 3.63) is 35.4 Å². The summed E-state index contributed by atoms with van der Waals surface area (Å²) in [7, 11) is 0. The Hall–Kier alpha value is -0.860. The topological polar surface area (TPSA) is 32.1 Å². The average molecular weight is 194 g/mol. The van der Waals surface area contributed by atoms with Crippen LogP contribution in [-0.2, 0) is 13.1 Å². The van der Waals surface area contributed by atoms with Crippen molar-refractivity contribution in [2.45, 2.75) is 26.9 Å². The second kappa shape index (κ2) is 5.78. The molecule has 2 nitrogen and oxygen atoms in total. The Morgan fingerprint density at radius 3 is 2.14 bits per heavy atom. The zero-order chi connectivity index (χ0) is 10.4. The molecular weight excluding hydrogens is 172 g/mol. The molecule has 0 bridgehead atoms. The standard InChI is InChI=1S/C12H20N2/c1-3-14(4-2)10-12-8-6-5-7-11(12)9-13/h5-8H,3-4,9-10,13H2,1-2H3/p+2. The van der Waals surface area contributed by atoms with E-state index in [0.29, 0.717) is 0 Å². The van der Waals surface area contributed by atoms with E-state index < -0.39 is 0 Å². The molecule has 0 saturated carbocycles. The predicted molar refractivity (Wildman–Crippen MR) is 58.8 cm³/mol. The van der Waals surface area contributed by atoms with E-state index in [1.165, 1.54) is 24.2 Å². The molecule has 0 atom stereocenters. The summed E-state index contributed by atoms with van der Waals surface area (Å²) in [5, 5.41) is 0. The first-order valence-electron chi connectivity index (χ1n) is 5.51. The molecular formula is C12H22N2+2. The van der Waals surface area contributed by atoms with Crippen molar-refractivity contribution in [1.82, 2.24) is 0 Å². The van der Waals surface area contributed by atoms with Crippen LogP contribution < -0.4 is 10.6 Å². The predicted octanol–water partition coefficient (Wildman–Crippen LogP) is -0.147. The first-order chi connectivity index (χ1) is 6.81. The van der Waals surface area contributed by atoms with Crippen LogP contribution in [0.3, 0.4) is 0 Å². The summed E-state index contributed by atoms with van der Waals surface area (Å²) in [4.78, 5) is 1.63. The fourth-order valence-electron chi connectivity index (χ4n) is 1.74. The minimum atomic E-state index is 0.900. The maximum absolute atomic E-state index is 3.97. The summed E-state index contributed by atoms with van der Waals surface area (Å²) in [6, 6.07) is 8.64. The molecule has 78 valence electrons. The van der Waals surface area contributed by atoms with Crippen molar-refractivity contribution in [1.29, 1.82) is 0 Å². The Morgan fingerprint density at radius 1 is 1.07 bits per heavy atom. The van der Waals surface area contributed by atoms with Gasteiger partial charge < -0.3 is 10.6 Å². The minimum absolute atomic E-state index is 0.900. The number of hydrogen-bond acceptors (Lipinski definition) is 0. The van der Waals surface area contributed by atoms with Crippen molar-refractivity contribution < 1.29 is 10.6 Å². The number of quaternary nitrogens is 2. The van der Waals surface area contributed by atoms with E-state index in [1.807, 2.05) is 0 Å². The lowest BCUT2D eigenvalue weighted by atomic mass is 10.1. The number of hydrogen-bond donors (Lipinski definition) is 2. The zero-order valence-corrected chi connectivity index (χ0v) is 9.34. The SMILES string of the molecule is CC[NH+](CC)Cc1ccccc1C[NH3+]. The van der Waals surface area contributed by atoms with Crippen molar-refractivity contribution in [2.75, 3.05) is 13.1 Å². The molecule has 0 saturated heterocycles. The molecule has 0 aliphatic rings. The summed E-state index contributed by atoms with van der Waals surface area (Å²) >= 11 is 0. The molecule has 0 aliphatic heterocycles. The van der Waals surface area contributed by atoms with Gasteiger partial charge in [-0.1, -0.05) is 24.3 Å². The number of benzene rings is 1. The first-order valence-corrected chi connectivity index (χ1v) is 5.51. The number of nitrogens with one attached hydrogen (secondary N) is 1. The molecule has 0 radical (unpaired) electrons. The van der Waals surface area contributed by atoms with Gasteiger partial charge in [-0.15, -0.1) is 0 Å². The van der Waals surface area contributed by atoms with Crippen molar-refractivity contribution in [3.63, 3.8) is 0 Å². The molecule has 4 N–H and O–H groups in total. The van der Waals surface area contributed by atoms with Crippen LogP contribution in [0, 0.1) is 0 Å². The van der Waals surface area contributed by atoms with E-state index in [9.17, 15) is 0 Å². The van der Waals surface area contributed by atoms with Gasteiger partial charge in [-0.05, 0) is 13.8 Å². The second-order valence-electron chi connectivity index (χ2n) is 3.65. The van der Waals surface area contributed by atoms with Gasteiger partial charge in [0, 0.05) is 11.1 Å². The molecule has 0 heterocycles. The van der Waals surface area contributed by atoms with Crippen molar-refractivity contribution in [3.8, 4) is 0 Å². The normalized spacial score (nSPS) is 10.9. The Balaban J connectivity index is 2.74. The second-order valence-corrected chi connectivity index (χ2v) is 3.65. The van der Waals surface area contributed by atoms with Crippen LogP contribution in [0.5, 0.6) is 0 Å². The third kappa shape index (κ3) is 2.82. The van der Waals surface area contributed by atoms with Crippen molar-refractivity contribution in [2.24, 2.45) is 0 Å². The van der Waals surface area contributed by atoms with Crippen LogP contribution >= 0.6 is 0 Å². The summed E-state index contributed by atoms with van der Waals surface area (Å²) in [6.07, 6.45) is 0. The molecule has 0 unspecified atom stereocenters. The molecule has 1 rings (SSSR count). The molecule has 2 heteroatoms. The van der Waals surface area contributed by atoms with E-state index in [4.69, 9.17) is 0 Å². The Morgan fingerprint density at radius 2 is 1.64 bits per heavy atom. The van der Waals surface area contributed by atoms with Gasteiger partial charge in [0.2, 0.25) is 0 Å². The lowest BCUT2D eigenvalue weighted by molar-refractivity contribution is -0.910. The molecule has 0 spiro atoms. The van der Waals surface area contributed by atoms with Crippen LogP contribution in [0.25, 0.3) is 0 Å². The van der Waals surface area contributed by atoms with Gasteiger partial charge in [-0.2, -0.15) is 0 Å². The van der Waals surface area contributed by atoms with E-state index >= 15 is 0 Å². The van der Waals surface area contributed by atoms with Gasteiger partial charge in [0.15, 0.2) is 0 Å². The van der Waals surface area contributed by atoms with E-state index in [0.717, 1.165) is 13.1 Å².